The van der Waals surface area contributed by atoms with Crippen LogP contribution in [-0.2, 0) is 30.4 Å². The Morgan fingerprint density at radius 2 is 1.62 bits per heavy atom. The number of rotatable bonds is 14. The molecule has 5 unspecified atom stereocenters. The number of amides is 3. The fourth-order valence-electron chi connectivity index (χ4n) is 3.10. The highest BCUT2D eigenvalue weighted by Gasteiger charge is 2.34. The summed E-state index contributed by atoms with van der Waals surface area (Å²) in [5, 5.41) is 25.8. The molecule has 190 valence electrons. The Labute approximate surface area is 197 Å². The van der Waals surface area contributed by atoms with Crippen LogP contribution < -0.4 is 21.7 Å². The van der Waals surface area contributed by atoms with E-state index in [1.807, 2.05) is 0 Å². The summed E-state index contributed by atoms with van der Waals surface area (Å²) in [6.45, 7) is 6.72. The molecule has 1 rings (SSSR count). The number of carboxylic acids is 2. The van der Waals surface area contributed by atoms with E-state index in [1.165, 1.54) is 12.5 Å². The maximum absolute atomic E-state index is 12.8. The molecule has 1 heterocycles. The van der Waals surface area contributed by atoms with Gasteiger partial charge in [-0.05, 0) is 11.8 Å². The maximum atomic E-state index is 12.8. The van der Waals surface area contributed by atoms with Gasteiger partial charge in [0.15, 0.2) is 0 Å². The summed E-state index contributed by atoms with van der Waals surface area (Å²) in [4.78, 5) is 67.5. The monoisotopic (exact) mass is 482 g/mol. The number of carbonyl (C=O) groups is 5. The molecule has 0 spiro atoms. The van der Waals surface area contributed by atoms with E-state index >= 15 is 0 Å². The minimum Gasteiger partial charge on any atom is -0.481 e. The first-order valence-corrected chi connectivity index (χ1v) is 11.0. The maximum Gasteiger partial charge on any atom is 0.326 e. The highest BCUT2D eigenvalue weighted by Crippen LogP contribution is 2.10. The molecule has 0 fully saturated rings. The zero-order valence-corrected chi connectivity index (χ0v) is 19.7. The van der Waals surface area contributed by atoms with Crippen molar-refractivity contribution in [3.8, 4) is 0 Å². The topological polar surface area (TPSA) is 217 Å². The van der Waals surface area contributed by atoms with Gasteiger partial charge in [0.1, 0.15) is 18.1 Å². The molecule has 0 aliphatic rings. The first-order chi connectivity index (χ1) is 15.9. The number of imidazole rings is 1. The molecule has 0 aromatic carbocycles. The molecule has 0 aliphatic heterocycles. The number of hydrogen-bond acceptors (Lipinski definition) is 7. The van der Waals surface area contributed by atoms with Crippen LogP contribution in [0.2, 0.25) is 0 Å². The number of nitrogens with zero attached hydrogens (tertiary/aromatic N) is 1. The van der Waals surface area contributed by atoms with E-state index < -0.39 is 66.2 Å². The number of aromatic amines is 1. The van der Waals surface area contributed by atoms with Gasteiger partial charge in [-0.25, -0.2) is 9.78 Å². The van der Waals surface area contributed by atoms with Crippen molar-refractivity contribution in [2.75, 3.05) is 0 Å². The van der Waals surface area contributed by atoms with Crippen molar-refractivity contribution in [2.45, 2.75) is 71.1 Å². The predicted octanol–water partition coefficient (Wildman–Crippen LogP) is -1.00. The van der Waals surface area contributed by atoms with Crippen molar-refractivity contribution in [3.05, 3.63) is 18.2 Å². The summed E-state index contributed by atoms with van der Waals surface area (Å²) < 4.78 is 0. The summed E-state index contributed by atoms with van der Waals surface area (Å²) in [6.07, 6.45) is 2.72. The molecular weight excluding hydrogens is 448 g/mol. The van der Waals surface area contributed by atoms with Gasteiger partial charge in [0.05, 0.1) is 18.8 Å². The lowest BCUT2D eigenvalue weighted by atomic mass is 9.97. The van der Waals surface area contributed by atoms with Crippen LogP contribution in [0, 0.1) is 11.8 Å². The molecule has 0 saturated carbocycles. The quantitative estimate of drug-likeness (QED) is 0.173. The smallest absolute Gasteiger partial charge is 0.326 e. The average Bonchev–Trinajstić information content (AvgIpc) is 3.26. The van der Waals surface area contributed by atoms with E-state index in [9.17, 15) is 34.2 Å². The minimum atomic E-state index is -1.50. The first-order valence-electron chi connectivity index (χ1n) is 11.0. The normalized spacial score (nSPS) is 15.5. The van der Waals surface area contributed by atoms with Gasteiger partial charge in [0, 0.05) is 18.3 Å². The Balaban J connectivity index is 2.94. The lowest BCUT2D eigenvalue weighted by Crippen LogP contribution is -2.59. The summed E-state index contributed by atoms with van der Waals surface area (Å²) in [7, 11) is 0. The lowest BCUT2D eigenvalue weighted by molar-refractivity contribution is -0.144. The lowest BCUT2D eigenvalue weighted by Gasteiger charge is -2.28. The zero-order valence-electron chi connectivity index (χ0n) is 19.7. The van der Waals surface area contributed by atoms with Crippen molar-refractivity contribution in [3.63, 3.8) is 0 Å². The number of aromatic nitrogens is 2. The van der Waals surface area contributed by atoms with Crippen LogP contribution in [0.25, 0.3) is 0 Å². The van der Waals surface area contributed by atoms with Crippen LogP contribution in [0.15, 0.2) is 12.5 Å². The van der Waals surface area contributed by atoms with Crippen molar-refractivity contribution < 1.29 is 34.2 Å². The second-order valence-corrected chi connectivity index (χ2v) is 8.49. The van der Waals surface area contributed by atoms with Gasteiger partial charge in [-0.3, -0.25) is 19.2 Å². The second kappa shape index (κ2) is 13.3. The van der Waals surface area contributed by atoms with Crippen LogP contribution in [-0.4, -0.2) is 74.0 Å². The third-order valence-electron chi connectivity index (χ3n) is 5.37. The van der Waals surface area contributed by atoms with Gasteiger partial charge >= 0.3 is 11.9 Å². The van der Waals surface area contributed by atoms with Crippen LogP contribution in [0.4, 0.5) is 0 Å². The van der Waals surface area contributed by atoms with Crippen LogP contribution in [0.1, 0.15) is 46.2 Å². The molecule has 5 atom stereocenters. The van der Waals surface area contributed by atoms with E-state index in [4.69, 9.17) is 5.73 Å². The highest BCUT2D eigenvalue weighted by molar-refractivity contribution is 5.95. The molecule has 0 radical (unpaired) electrons. The van der Waals surface area contributed by atoms with Crippen molar-refractivity contribution in [2.24, 2.45) is 17.6 Å². The Morgan fingerprint density at radius 3 is 2.09 bits per heavy atom. The van der Waals surface area contributed by atoms with Crippen molar-refractivity contribution in [1.82, 2.24) is 25.9 Å². The number of nitrogens with one attached hydrogen (secondary N) is 4. The summed E-state index contributed by atoms with van der Waals surface area (Å²) >= 11 is 0. The van der Waals surface area contributed by atoms with Crippen molar-refractivity contribution >= 4 is 29.7 Å². The largest absolute Gasteiger partial charge is 0.481 e. The van der Waals surface area contributed by atoms with Gasteiger partial charge in [0.25, 0.3) is 0 Å². The molecule has 0 saturated heterocycles. The number of carboxylic acid groups (broad SMARTS) is 2. The molecule has 1 aromatic heterocycles. The Kier molecular flexibility index (Phi) is 11.2. The Hall–Kier alpha value is -3.48. The molecule has 1 aromatic rings. The molecule has 0 bridgehead atoms. The van der Waals surface area contributed by atoms with Crippen LogP contribution in [0.5, 0.6) is 0 Å². The van der Waals surface area contributed by atoms with Gasteiger partial charge in [-0.2, -0.15) is 0 Å². The van der Waals surface area contributed by atoms with Gasteiger partial charge in [0.2, 0.25) is 17.7 Å². The van der Waals surface area contributed by atoms with Gasteiger partial charge in [-0.1, -0.05) is 34.1 Å². The number of H-pyrrole nitrogens is 1. The summed E-state index contributed by atoms with van der Waals surface area (Å²) in [5.74, 6) is -5.78. The van der Waals surface area contributed by atoms with Crippen molar-refractivity contribution in [1.29, 1.82) is 0 Å². The van der Waals surface area contributed by atoms with E-state index in [0.717, 1.165) is 0 Å². The molecule has 3 amide bonds. The highest BCUT2D eigenvalue weighted by atomic mass is 16.4. The summed E-state index contributed by atoms with van der Waals surface area (Å²) in [6, 6.07) is -4.91. The van der Waals surface area contributed by atoms with E-state index in [0.29, 0.717) is 12.1 Å². The van der Waals surface area contributed by atoms with E-state index in [1.54, 1.807) is 27.7 Å². The molecule has 13 heteroatoms. The summed E-state index contributed by atoms with van der Waals surface area (Å²) in [5.41, 5.74) is 6.43. The third kappa shape index (κ3) is 8.81. The zero-order chi connectivity index (χ0) is 26.0. The first kappa shape index (κ1) is 28.6. The molecule has 0 aliphatic carbocycles. The Bertz CT molecular complexity index is 858. The second-order valence-electron chi connectivity index (χ2n) is 8.49. The number of nitrogens with two attached hydrogens (primary N) is 1. The molecule has 34 heavy (non-hydrogen) atoms. The predicted molar refractivity (Wildman–Crippen MR) is 120 cm³/mol. The SMILES string of the molecule is CCC(C)C(NC(=O)C(NC(=O)C(CC(=O)O)NC(=O)C(N)Cc1cnc[nH]1)C(C)C)C(=O)O. The third-order valence-corrected chi connectivity index (χ3v) is 5.37. The van der Waals surface area contributed by atoms with Gasteiger partial charge < -0.3 is 36.9 Å². The molecule has 8 N–H and O–H groups in total. The minimum absolute atomic E-state index is 0.0798. The van der Waals surface area contributed by atoms with E-state index in [-0.39, 0.29) is 12.3 Å². The van der Waals surface area contributed by atoms with E-state index in [2.05, 4.69) is 25.9 Å². The van der Waals surface area contributed by atoms with Gasteiger partial charge in [-0.15, -0.1) is 0 Å². The fourth-order valence-corrected chi connectivity index (χ4v) is 3.10. The Morgan fingerprint density at radius 1 is 1.00 bits per heavy atom. The standard InChI is InChI=1S/C21H34N6O7/c1-5-11(4)17(21(33)34)27-20(32)16(10(2)3)26-19(31)14(7-15(28)29)25-18(30)13(22)6-12-8-23-9-24-12/h8-11,13-14,16-17H,5-7,22H2,1-4H3,(H,23,24)(H,25,30)(H,26,31)(H,27,32)(H,28,29)(H,33,34). The van der Waals surface area contributed by atoms with Crippen LogP contribution in [0.3, 0.4) is 0 Å². The molecular formula is C21H34N6O7. The fraction of sp³-hybridized carbons (Fsp3) is 0.619. The van der Waals surface area contributed by atoms with Crippen LogP contribution >= 0.6 is 0 Å². The molecule has 13 nitrogen and oxygen atoms in total. The number of hydrogen-bond donors (Lipinski definition) is 7. The average molecular weight is 483 g/mol. The number of aliphatic carboxylic acids is 2. The number of carbonyl (C=O) groups excluding carboxylic acids is 3.